The Kier molecular flexibility index (Phi) is 5.58. The van der Waals surface area contributed by atoms with Crippen LogP contribution in [0.25, 0.3) is 0 Å². The summed E-state index contributed by atoms with van der Waals surface area (Å²) < 4.78 is 23.9. The van der Waals surface area contributed by atoms with Crippen molar-refractivity contribution in [2.45, 2.75) is 14.7 Å². The van der Waals surface area contributed by atoms with E-state index in [2.05, 4.69) is 21.8 Å². The fourth-order valence-electron chi connectivity index (χ4n) is 3.05. The van der Waals surface area contributed by atoms with E-state index in [1.807, 2.05) is 30.3 Å². The van der Waals surface area contributed by atoms with Gasteiger partial charge in [-0.15, -0.1) is 0 Å². The molecule has 2 N–H and O–H groups in total. The Morgan fingerprint density at radius 3 is 2.39 bits per heavy atom. The lowest BCUT2D eigenvalue weighted by molar-refractivity contribution is 0.661. The summed E-state index contributed by atoms with van der Waals surface area (Å²) in [6.45, 7) is 0.921. The molecule has 4 rings (SSSR count). The highest BCUT2D eigenvalue weighted by Crippen LogP contribution is 2.48. The minimum absolute atomic E-state index is 0.371. The summed E-state index contributed by atoms with van der Waals surface area (Å²) in [4.78, 5) is 4.83. The maximum absolute atomic E-state index is 12.8. The van der Waals surface area contributed by atoms with E-state index in [0.29, 0.717) is 28.0 Å². The Morgan fingerprint density at radius 2 is 1.61 bits per heavy atom. The van der Waals surface area contributed by atoms with E-state index in [9.17, 15) is 4.21 Å². The van der Waals surface area contributed by atoms with Crippen LogP contribution in [0.2, 0.25) is 10.0 Å². The molecule has 0 saturated carbocycles. The number of anilines is 2. The van der Waals surface area contributed by atoms with Crippen LogP contribution in [0.3, 0.4) is 0 Å². The Morgan fingerprint density at radius 1 is 0.929 bits per heavy atom. The van der Waals surface area contributed by atoms with Gasteiger partial charge >= 0.3 is 0 Å². The van der Waals surface area contributed by atoms with Crippen molar-refractivity contribution in [2.75, 3.05) is 18.0 Å². The van der Waals surface area contributed by atoms with Crippen molar-refractivity contribution in [3.8, 4) is 0 Å². The van der Waals surface area contributed by atoms with Crippen LogP contribution >= 0.6 is 35.0 Å². The van der Waals surface area contributed by atoms with E-state index in [0.717, 1.165) is 21.2 Å². The first-order chi connectivity index (χ1) is 13.4. The molecule has 0 aliphatic carbocycles. The highest BCUT2D eigenvalue weighted by molar-refractivity contribution is 7.99. The molecule has 0 amide bonds. The van der Waals surface area contributed by atoms with E-state index in [1.54, 1.807) is 36.0 Å². The fourth-order valence-corrected chi connectivity index (χ4v) is 5.49. The molecule has 1 aliphatic heterocycles. The molecule has 1 heterocycles. The average molecular weight is 450 g/mol. The van der Waals surface area contributed by atoms with E-state index in [4.69, 9.17) is 28.0 Å². The van der Waals surface area contributed by atoms with Crippen LogP contribution in [-0.2, 0) is 9.92 Å². The van der Waals surface area contributed by atoms with Gasteiger partial charge in [0.2, 0.25) is 0 Å². The monoisotopic (exact) mass is 449 g/mol. The molecule has 3 aromatic carbocycles. The summed E-state index contributed by atoms with van der Waals surface area (Å²) in [7, 11) is -3.11. The van der Waals surface area contributed by atoms with Crippen LogP contribution in [0.1, 0.15) is 0 Å². The fraction of sp³-hybridized carbons (Fsp3) is 0.100. The summed E-state index contributed by atoms with van der Waals surface area (Å²) in [5, 5.41) is 1.22. The van der Waals surface area contributed by atoms with Crippen molar-refractivity contribution < 1.29 is 4.21 Å². The van der Waals surface area contributed by atoms with Gasteiger partial charge in [-0.05, 0) is 54.6 Å². The lowest BCUT2D eigenvalue weighted by Gasteiger charge is -2.33. The Hall–Kier alpha value is -1.70. The van der Waals surface area contributed by atoms with Crippen LogP contribution < -0.4 is 9.62 Å². The van der Waals surface area contributed by atoms with Gasteiger partial charge in [-0.2, -0.15) is 0 Å². The lowest BCUT2D eigenvalue weighted by atomic mass is 10.2. The van der Waals surface area contributed by atoms with Gasteiger partial charge in [0, 0.05) is 32.9 Å². The van der Waals surface area contributed by atoms with Crippen molar-refractivity contribution in [2.24, 2.45) is 0 Å². The quantitative estimate of drug-likeness (QED) is 0.486. The largest absolute Gasteiger partial charge is 0.338 e. The second-order valence-electron chi connectivity index (χ2n) is 6.24. The number of rotatable bonds is 5. The molecular formula is C20H17Cl2N3OS2. The van der Waals surface area contributed by atoms with Crippen LogP contribution in [0.15, 0.2) is 81.4 Å². The first-order valence-corrected chi connectivity index (χ1v) is 11.7. The average Bonchev–Trinajstić information content (AvgIpc) is 2.68. The molecule has 1 unspecified atom stereocenters. The molecule has 0 aromatic heterocycles. The predicted molar refractivity (Wildman–Crippen MR) is 118 cm³/mol. The number of nitrogens with zero attached hydrogens (tertiary/aromatic N) is 1. The first kappa shape index (κ1) is 19.6. The van der Waals surface area contributed by atoms with Crippen LogP contribution in [0.4, 0.5) is 11.4 Å². The summed E-state index contributed by atoms with van der Waals surface area (Å²) >= 11 is 13.8. The SMILES string of the molecule is N=S(=O)(NCCN1c2ccccc2Sc2ccc(Cl)cc21)c1ccc(Cl)cc1. The molecule has 28 heavy (non-hydrogen) atoms. The first-order valence-electron chi connectivity index (χ1n) is 8.57. The summed E-state index contributed by atoms with van der Waals surface area (Å²) in [5.41, 5.74) is 2.09. The molecule has 144 valence electrons. The van der Waals surface area contributed by atoms with E-state index in [-0.39, 0.29) is 0 Å². The van der Waals surface area contributed by atoms with Gasteiger partial charge in [0.05, 0.1) is 16.3 Å². The summed E-state index contributed by atoms with van der Waals surface area (Å²) in [6.07, 6.45) is 0. The molecule has 4 nitrogen and oxygen atoms in total. The van der Waals surface area contributed by atoms with E-state index in [1.165, 1.54) is 0 Å². The number of hydrogen-bond acceptors (Lipinski definition) is 4. The number of nitrogens with one attached hydrogen (secondary N) is 2. The zero-order chi connectivity index (χ0) is 19.7. The van der Waals surface area contributed by atoms with Crippen LogP contribution in [-0.4, -0.2) is 17.3 Å². The topological polar surface area (TPSA) is 56.2 Å². The number of para-hydroxylation sites is 1. The Labute approximate surface area is 179 Å². The number of halogens is 2. The van der Waals surface area contributed by atoms with Gasteiger partial charge < -0.3 is 4.90 Å². The van der Waals surface area contributed by atoms with Crippen molar-refractivity contribution in [3.05, 3.63) is 76.8 Å². The van der Waals surface area contributed by atoms with Crippen molar-refractivity contribution in [3.63, 3.8) is 0 Å². The minimum Gasteiger partial charge on any atom is -0.338 e. The third-order valence-electron chi connectivity index (χ3n) is 4.37. The third-order valence-corrected chi connectivity index (χ3v) is 7.54. The number of hydrogen-bond donors (Lipinski definition) is 2. The molecule has 0 bridgehead atoms. The molecule has 0 saturated heterocycles. The van der Waals surface area contributed by atoms with Gasteiger partial charge in [0.25, 0.3) is 0 Å². The number of benzene rings is 3. The standard InChI is InChI=1S/C20H17Cl2N3OS2/c21-14-5-8-16(9-6-14)28(23,26)24-11-12-25-17-3-1-2-4-19(17)27-20-10-7-15(22)13-18(20)25/h1-10,13H,11-12H2,(H2,23,24,26). The third kappa shape index (κ3) is 4.02. The maximum Gasteiger partial charge on any atom is 0.134 e. The van der Waals surface area contributed by atoms with Crippen molar-refractivity contribution in [1.82, 2.24) is 4.72 Å². The van der Waals surface area contributed by atoms with Gasteiger partial charge in [-0.25, -0.2) is 13.7 Å². The second-order valence-corrected chi connectivity index (χ2v) is 10.1. The van der Waals surface area contributed by atoms with Crippen LogP contribution in [0, 0.1) is 4.78 Å². The molecule has 1 atom stereocenters. The molecule has 0 fully saturated rings. The van der Waals surface area contributed by atoms with Crippen molar-refractivity contribution in [1.29, 1.82) is 4.78 Å². The Balaban J connectivity index is 1.56. The maximum atomic E-state index is 12.8. The van der Waals surface area contributed by atoms with Gasteiger partial charge in [-0.3, -0.25) is 0 Å². The Bertz CT molecular complexity index is 1120. The molecule has 0 spiro atoms. The van der Waals surface area contributed by atoms with Gasteiger partial charge in [0.15, 0.2) is 0 Å². The van der Waals surface area contributed by atoms with E-state index < -0.39 is 9.92 Å². The van der Waals surface area contributed by atoms with Gasteiger partial charge in [-0.1, -0.05) is 47.1 Å². The minimum atomic E-state index is -3.11. The van der Waals surface area contributed by atoms with Gasteiger partial charge in [0.1, 0.15) is 9.92 Å². The molecule has 1 aliphatic rings. The van der Waals surface area contributed by atoms with Crippen molar-refractivity contribution >= 4 is 56.3 Å². The molecule has 0 radical (unpaired) electrons. The highest BCUT2D eigenvalue weighted by Gasteiger charge is 2.23. The highest BCUT2D eigenvalue weighted by atomic mass is 35.5. The summed E-state index contributed by atoms with van der Waals surface area (Å²) in [5.74, 6) is 0. The summed E-state index contributed by atoms with van der Waals surface area (Å²) in [6, 6.07) is 20.5. The molecule has 8 heteroatoms. The smallest absolute Gasteiger partial charge is 0.134 e. The zero-order valence-corrected chi connectivity index (χ0v) is 17.8. The zero-order valence-electron chi connectivity index (χ0n) is 14.7. The normalized spacial score (nSPS) is 14.9. The predicted octanol–water partition coefficient (Wildman–Crippen LogP) is 6.21. The molecule has 3 aromatic rings. The second kappa shape index (κ2) is 7.97. The number of fused-ring (bicyclic) bond motifs is 2. The lowest BCUT2D eigenvalue weighted by Crippen LogP contribution is -2.33. The molecular weight excluding hydrogens is 433 g/mol. The van der Waals surface area contributed by atoms with E-state index >= 15 is 0 Å². The van der Waals surface area contributed by atoms with Crippen LogP contribution in [0.5, 0.6) is 0 Å².